The number of benzene rings is 2. The highest BCUT2D eigenvalue weighted by molar-refractivity contribution is 6.21. The van der Waals surface area contributed by atoms with Gasteiger partial charge in [-0.2, -0.15) is 0 Å². The third-order valence-electron chi connectivity index (χ3n) is 6.17. The van der Waals surface area contributed by atoms with Crippen LogP contribution in [0.1, 0.15) is 62.8 Å². The molecule has 2 heterocycles. The van der Waals surface area contributed by atoms with Crippen LogP contribution < -0.4 is 0 Å². The maximum absolute atomic E-state index is 12.8. The summed E-state index contributed by atoms with van der Waals surface area (Å²) >= 11 is 0. The summed E-state index contributed by atoms with van der Waals surface area (Å²) in [5.74, 6) is -0.433. The van der Waals surface area contributed by atoms with Crippen LogP contribution in [0.5, 0.6) is 0 Å². The Labute approximate surface area is 187 Å². The molecule has 0 saturated carbocycles. The molecule has 2 aliphatic rings. The van der Waals surface area contributed by atoms with Crippen LogP contribution in [0.15, 0.2) is 48.5 Å². The van der Waals surface area contributed by atoms with Crippen molar-refractivity contribution in [3.63, 3.8) is 0 Å². The summed E-state index contributed by atoms with van der Waals surface area (Å²) in [6, 6.07) is 14.4. The lowest BCUT2D eigenvalue weighted by atomic mass is 10.0. The van der Waals surface area contributed by atoms with Gasteiger partial charge in [0.15, 0.2) is 0 Å². The van der Waals surface area contributed by atoms with Crippen LogP contribution in [-0.4, -0.2) is 71.1 Å². The summed E-state index contributed by atoms with van der Waals surface area (Å²) in [7, 11) is 0. The minimum absolute atomic E-state index is 0.0292. The molecule has 7 nitrogen and oxygen atoms in total. The zero-order valence-corrected chi connectivity index (χ0v) is 18.4. The first kappa shape index (κ1) is 21.7. The van der Waals surface area contributed by atoms with Crippen molar-refractivity contribution in [1.29, 1.82) is 0 Å². The summed E-state index contributed by atoms with van der Waals surface area (Å²) in [5.41, 5.74) is 2.62. The summed E-state index contributed by atoms with van der Waals surface area (Å²) in [6.45, 7) is 6.09. The van der Waals surface area contributed by atoms with Crippen molar-refractivity contribution in [1.82, 2.24) is 14.7 Å². The van der Waals surface area contributed by atoms with Gasteiger partial charge in [-0.1, -0.05) is 38.1 Å². The molecule has 1 fully saturated rings. The Bertz CT molecular complexity index is 1020. The molecule has 4 rings (SSSR count). The lowest BCUT2D eigenvalue weighted by Gasteiger charge is -2.35. The van der Waals surface area contributed by atoms with Gasteiger partial charge in [0.2, 0.25) is 5.91 Å². The van der Waals surface area contributed by atoms with E-state index in [0.29, 0.717) is 48.8 Å². The van der Waals surface area contributed by atoms with Crippen molar-refractivity contribution in [2.75, 3.05) is 32.7 Å². The largest absolute Gasteiger partial charge is 0.339 e. The van der Waals surface area contributed by atoms with E-state index in [4.69, 9.17) is 0 Å². The first-order chi connectivity index (χ1) is 15.4. The van der Waals surface area contributed by atoms with E-state index in [-0.39, 0.29) is 36.6 Å². The average Bonchev–Trinajstić information content (AvgIpc) is 3.07. The number of hydrogen-bond acceptors (Lipinski definition) is 4. The second kappa shape index (κ2) is 8.94. The van der Waals surface area contributed by atoms with Crippen molar-refractivity contribution < 1.29 is 19.2 Å². The van der Waals surface area contributed by atoms with E-state index in [1.165, 1.54) is 5.56 Å². The van der Waals surface area contributed by atoms with Gasteiger partial charge in [-0.15, -0.1) is 0 Å². The molecule has 7 heteroatoms. The number of carbonyl (C=O) groups excluding carboxylic acids is 4. The van der Waals surface area contributed by atoms with Crippen molar-refractivity contribution in [2.45, 2.75) is 26.2 Å². The smallest absolute Gasteiger partial charge is 0.261 e. The molecule has 32 heavy (non-hydrogen) atoms. The van der Waals surface area contributed by atoms with Gasteiger partial charge in [-0.05, 0) is 35.7 Å². The monoisotopic (exact) mass is 433 g/mol. The second-order valence-corrected chi connectivity index (χ2v) is 8.51. The summed E-state index contributed by atoms with van der Waals surface area (Å²) in [4.78, 5) is 54.9. The Kier molecular flexibility index (Phi) is 6.08. The molecule has 0 aromatic heterocycles. The Balaban J connectivity index is 1.28. The van der Waals surface area contributed by atoms with E-state index in [2.05, 4.69) is 13.8 Å². The highest BCUT2D eigenvalue weighted by atomic mass is 16.2. The fourth-order valence-corrected chi connectivity index (χ4v) is 4.16. The number of rotatable bonds is 5. The highest BCUT2D eigenvalue weighted by Crippen LogP contribution is 2.23. The topological polar surface area (TPSA) is 78.0 Å². The summed E-state index contributed by atoms with van der Waals surface area (Å²) in [5, 5.41) is 0. The predicted octanol–water partition coefficient (Wildman–Crippen LogP) is 2.78. The molecule has 0 radical (unpaired) electrons. The number of imide groups is 1. The molecule has 166 valence electrons. The fourth-order valence-electron chi connectivity index (χ4n) is 4.16. The van der Waals surface area contributed by atoms with Gasteiger partial charge in [0.25, 0.3) is 17.7 Å². The van der Waals surface area contributed by atoms with Crippen LogP contribution in [0.2, 0.25) is 0 Å². The number of piperazine rings is 1. The van der Waals surface area contributed by atoms with E-state index < -0.39 is 0 Å². The van der Waals surface area contributed by atoms with E-state index in [0.717, 1.165) is 4.90 Å². The second-order valence-electron chi connectivity index (χ2n) is 8.51. The zero-order valence-electron chi connectivity index (χ0n) is 18.4. The normalized spacial score (nSPS) is 16.0. The van der Waals surface area contributed by atoms with Crippen LogP contribution in [0, 0.1) is 0 Å². The molecule has 0 unspecified atom stereocenters. The van der Waals surface area contributed by atoms with Gasteiger partial charge in [0.05, 0.1) is 11.1 Å². The van der Waals surface area contributed by atoms with E-state index >= 15 is 0 Å². The van der Waals surface area contributed by atoms with E-state index in [1.807, 2.05) is 24.3 Å². The standard InChI is InChI=1S/C25H27N3O4/c1-17(2)18-7-9-19(10-8-18)23(30)27-15-13-26(14-16-27)22(29)11-12-28-24(31)20-5-3-4-6-21(20)25(28)32/h3-10,17H,11-16H2,1-2H3. The Morgan fingerprint density at radius 2 is 1.34 bits per heavy atom. The van der Waals surface area contributed by atoms with Gasteiger partial charge in [0.1, 0.15) is 0 Å². The Hall–Kier alpha value is -3.48. The third kappa shape index (κ3) is 4.15. The molecule has 0 N–H and O–H groups in total. The molecule has 4 amide bonds. The third-order valence-corrected chi connectivity index (χ3v) is 6.17. The molecule has 1 saturated heterocycles. The van der Waals surface area contributed by atoms with E-state index in [9.17, 15) is 19.2 Å². The number of nitrogens with zero attached hydrogens (tertiary/aromatic N) is 3. The van der Waals surface area contributed by atoms with Crippen LogP contribution in [0.25, 0.3) is 0 Å². The number of fused-ring (bicyclic) bond motifs is 1. The lowest BCUT2D eigenvalue weighted by molar-refractivity contribution is -0.132. The van der Waals surface area contributed by atoms with Gasteiger partial charge < -0.3 is 9.80 Å². The molecular weight excluding hydrogens is 406 g/mol. The Morgan fingerprint density at radius 1 is 0.812 bits per heavy atom. The van der Waals surface area contributed by atoms with Crippen molar-refractivity contribution in [3.8, 4) is 0 Å². The first-order valence-electron chi connectivity index (χ1n) is 11.0. The molecule has 2 aliphatic heterocycles. The fraction of sp³-hybridized carbons (Fsp3) is 0.360. The maximum atomic E-state index is 12.8. The molecule has 0 aliphatic carbocycles. The van der Waals surface area contributed by atoms with Crippen molar-refractivity contribution in [3.05, 3.63) is 70.8 Å². The molecule has 0 atom stereocenters. The minimum Gasteiger partial charge on any atom is -0.339 e. The summed E-state index contributed by atoms with van der Waals surface area (Å²) in [6.07, 6.45) is 0.0794. The van der Waals surface area contributed by atoms with E-state index in [1.54, 1.807) is 34.1 Å². The zero-order chi connectivity index (χ0) is 22.8. The van der Waals surface area contributed by atoms with Crippen LogP contribution in [-0.2, 0) is 4.79 Å². The highest BCUT2D eigenvalue weighted by Gasteiger charge is 2.35. The number of carbonyl (C=O) groups is 4. The molecule has 0 bridgehead atoms. The SMILES string of the molecule is CC(C)c1ccc(C(=O)N2CCN(C(=O)CCN3C(=O)c4ccccc4C3=O)CC2)cc1. The minimum atomic E-state index is -0.350. The van der Waals surface area contributed by atoms with Crippen molar-refractivity contribution in [2.24, 2.45) is 0 Å². The Morgan fingerprint density at radius 3 is 1.88 bits per heavy atom. The number of amides is 4. The molecular formula is C25H27N3O4. The van der Waals surface area contributed by atoms with Crippen LogP contribution in [0.3, 0.4) is 0 Å². The molecule has 0 spiro atoms. The van der Waals surface area contributed by atoms with Crippen molar-refractivity contribution >= 4 is 23.6 Å². The summed E-state index contributed by atoms with van der Waals surface area (Å²) < 4.78 is 0. The first-order valence-corrected chi connectivity index (χ1v) is 11.0. The average molecular weight is 434 g/mol. The maximum Gasteiger partial charge on any atom is 0.261 e. The molecule has 2 aromatic rings. The van der Waals surface area contributed by atoms with Crippen LogP contribution >= 0.6 is 0 Å². The molecule has 2 aromatic carbocycles. The lowest BCUT2D eigenvalue weighted by Crippen LogP contribution is -2.51. The van der Waals surface area contributed by atoms with Gasteiger partial charge in [0, 0.05) is 44.7 Å². The van der Waals surface area contributed by atoms with Crippen LogP contribution in [0.4, 0.5) is 0 Å². The quantitative estimate of drug-likeness (QED) is 0.680. The van der Waals surface area contributed by atoms with Gasteiger partial charge >= 0.3 is 0 Å². The number of hydrogen-bond donors (Lipinski definition) is 0. The van der Waals surface area contributed by atoms with Gasteiger partial charge in [-0.25, -0.2) is 0 Å². The predicted molar refractivity (Wildman–Crippen MR) is 119 cm³/mol. The van der Waals surface area contributed by atoms with Gasteiger partial charge in [-0.3, -0.25) is 24.1 Å².